The van der Waals surface area contributed by atoms with Crippen molar-refractivity contribution in [2.75, 3.05) is 31.1 Å². The van der Waals surface area contributed by atoms with Crippen molar-refractivity contribution < 1.29 is 4.79 Å². The maximum atomic E-state index is 13.2. The van der Waals surface area contributed by atoms with E-state index in [1.54, 1.807) is 29.0 Å². The fourth-order valence-corrected chi connectivity index (χ4v) is 6.57. The number of thiazole rings is 1. The minimum absolute atomic E-state index is 0.124. The van der Waals surface area contributed by atoms with Gasteiger partial charge in [0.25, 0.3) is 0 Å². The number of aromatic nitrogens is 3. The Bertz CT molecular complexity index is 1040. The summed E-state index contributed by atoms with van der Waals surface area (Å²) in [6, 6.07) is 0. The van der Waals surface area contributed by atoms with Crippen LogP contribution < -0.4 is 4.90 Å². The molecule has 1 unspecified atom stereocenters. The van der Waals surface area contributed by atoms with Crippen molar-refractivity contribution >= 4 is 44.6 Å². The van der Waals surface area contributed by atoms with Crippen LogP contribution in [-0.4, -0.2) is 51.9 Å². The number of hydrogen-bond acceptors (Lipinski definition) is 7. The lowest BCUT2D eigenvalue weighted by molar-refractivity contribution is -0.137. The van der Waals surface area contributed by atoms with Crippen molar-refractivity contribution in [3.05, 3.63) is 33.4 Å². The van der Waals surface area contributed by atoms with Crippen molar-refractivity contribution in [3.8, 4) is 0 Å². The Labute approximate surface area is 185 Å². The van der Waals surface area contributed by atoms with Gasteiger partial charge in [0, 0.05) is 54.5 Å². The highest BCUT2D eigenvalue weighted by Gasteiger charge is 2.33. The fraction of sp³-hybridized carbons (Fsp3) is 0.545. The molecule has 6 nitrogen and oxygen atoms in total. The monoisotopic (exact) mass is 441 g/mol. The molecule has 1 atom stereocenters. The molecule has 2 saturated heterocycles. The topological polar surface area (TPSA) is 62.2 Å². The van der Waals surface area contributed by atoms with Crippen LogP contribution in [0.15, 0.2) is 17.9 Å². The van der Waals surface area contributed by atoms with E-state index in [9.17, 15) is 4.79 Å². The minimum atomic E-state index is 0.124. The maximum absolute atomic E-state index is 13.2. The number of fused-ring (bicyclic) bond motifs is 1. The van der Waals surface area contributed by atoms with Crippen LogP contribution in [0.4, 0.5) is 5.82 Å². The van der Waals surface area contributed by atoms with Gasteiger partial charge in [0.2, 0.25) is 5.91 Å². The normalized spacial score (nSPS) is 20.8. The second-order valence-electron chi connectivity index (χ2n) is 8.42. The maximum Gasteiger partial charge on any atom is 0.225 e. The van der Waals surface area contributed by atoms with E-state index in [1.807, 2.05) is 11.6 Å². The molecule has 0 radical (unpaired) electrons. The van der Waals surface area contributed by atoms with E-state index >= 15 is 0 Å². The van der Waals surface area contributed by atoms with Crippen molar-refractivity contribution in [1.29, 1.82) is 0 Å². The predicted octanol–water partition coefficient (Wildman–Crippen LogP) is 4.39. The summed E-state index contributed by atoms with van der Waals surface area (Å²) in [4.78, 5) is 33.6. The molecule has 0 aliphatic carbocycles. The molecule has 2 aliphatic heterocycles. The van der Waals surface area contributed by atoms with Crippen LogP contribution in [0.1, 0.15) is 47.0 Å². The molecule has 5 rings (SSSR count). The molecule has 158 valence electrons. The van der Waals surface area contributed by atoms with Crippen LogP contribution in [-0.2, 0) is 4.79 Å². The molecule has 2 aliphatic rings. The molecular formula is C22H27N5OS2. The van der Waals surface area contributed by atoms with Crippen molar-refractivity contribution in [1.82, 2.24) is 19.9 Å². The average Bonchev–Trinajstić information content (AvgIpc) is 3.42. The molecule has 0 saturated carbocycles. The van der Waals surface area contributed by atoms with E-state index in [1.165, 1.54) is 20.8 Å². The highest BCUT2D eigenvalue weighted by Crippen LogP contribution is 2.36. The van der Waals surface area contributed by atoms with Crippen LogP contribution in [0.25, 0.3) is 10.2 Å². The lowest BCUT2D eigenvalue weighted by Crippen LogP contribution is -2.46. The molecule has 0 N–H and O–H groups in total. The van der Waals surface area contributed by atoms with E-state index in [4.69, 9.17) is 0 Å². The molecule has 3 aromatic rings. The number of hydrogen-bond donors (Lipinski definition) is 0. The first-order chi connectivity index (χ1) is 14.6. The predicted molar refractivity (Wildman–Crippen MR) is 122 cm³/mol. The first-order valence-electron chi connectivity index (χ1n) is 10.8. The number of piperidine rings is 2. The number of likely N-dealkylation sites (tertiary alicyclic amines) is 1. The number of anilines is 1. The standard InChI is InChI=1S/C22H27N5OS2/c1-14-15(2)30-21-18(14)19(24-13-25-21)26-9-5-16(6-10-26)22(28)27-8-3-4-17(12-27)20-23-7-11-29-20/h7,11,13,16-17H,3-6,8-10,12H2,1-2H3. The van der Waals surface area contributed by atoms with Crippen LogP contribution in [0.5, 0.6) is 0 Å². The highest BCUT2D eigenvalue weighted by molar-refractivity contribution is 7.18. The van der Waals surface area contributed by atoms with Gasteiger partial charge in [0.15, 0.2) is 0 Å². The lowest BCUT2D eigenvalue weighted by Gasteiger charge is -2.37. The average molecular weight is 442 g/mol. The number of nitrogens with zero attached hydrogens (tertiary/aromatic N) is 5. The summed E-state index contributed by atoms with van der Waals surface area (Å²) >= 11 is 3.45. The zero-order chi connectivity index (χ0) is 20.7. The number of aryl methyl sites for hydroxylation is 2. The van der Waals surface area contributed by atoms with Gasteiger partial charge in [0.1, 0.15) is 17.0 Å². The Kier molecular flexibility index (Phi) is 5.45. The van der Waals surface area contributed by atoms with Gasteiger partial charge in [-0.15, -0.1) is 22.7 Å². The number of amides is 1. The molecule has 3 aromatic heterocycles. The van der Waals surface area contributed by atoms with Gasteiger partial charge in [-0.05, 0) is 45.1 Å². The molecule has 8 heteroatoms. The SMILES string of the molecule is Cc1sc2ncnc(N3CCC(C(=O)N4CCCC(c5nccs5)C4)CC3)c2c1C. The fourth-order valence-electron chi connectivity index (χ4n) is 4.81. The van der Waals surface area contributed by atoms with E-state index in [0.717, 1.165) is 62.5 Å². The lowest BCUT2D eigenvalue weighted by atomic mass is 9.92. The van der Waals surface area contributed by atoms with Gasteiger partial charge < -0.3 is 9.80 Å². The summed E-state index contributed by atoms with van der Waals surface area (Å²) in [7, 11) is 0. The summed E-state index contributed by atoms with van der Waals surface area (Å²) in [5.74, 6) is 1.90. The third-order valence-electron chi connectivity index (χ3n) is 6.62. The second-order valence-corrected chi connectivity index (χ2v) is 10.5. The Morgan fingerprint density at radius 2 is 1.93 bits per heavy atom. The zero-order valence-electron chi connectivity index (χ0n) is 17.5. The van der Waals surface area contributed by atoms with Gasteiger partial charge in [-0.3, -0.25) is 4.79 Å². The zero-order valence-corrected chi connectivity index (χ0v) is 19.1. The third kappa shape index (κ3) is 3.60. The Hall–Kier alpha value is -2.06. The van der Waals surface area contributed by atoms with Crippen LogP contribution >= 0.6 is 22.7 Å². The molecule has 0 aromatic carbocycles. The van der Waals surface area contributed by atoms with E-state index < -0.39 is 0 Å². The first-order valence-corrected chi connectivity index (χ1v) is 12.4. The molecule has 0 spiro atoms. The number of rotatable bonds is 3. The second kappa shape index (κ2) is 8.23. The summed E-state index contributed by atoms with van der Waals surface area (Å²) in [5, 5.41) is 4.40. The minimum Gasteiger partial charge on any atom is -0.356 e. The molecule has 0 bridgehead atoms. The third-order valence-corrected chi connectivity index (χ3v) is 8.68. The largest absolute Gasteiger partial charge is 0.356 e. The van der Waals surface area contributed by atoms with Gasteiger partial charge in [-0.2, -0.15) is 0 Å². The summed E-state index contributed by atoms with van der Waals surface area (Å²) < 4.78 is 0. The Morgan fingerprint density at radius 1 is 1.10 bits per heavy atom. The van der Waals surface area contributed by atoms with Gasteiger partial charge in [-0.1, -0.05) is 0 Å². The molecule has 1 amide bonds. The number of carbonyl (C=O) groups excluding carboxylic acids is 1. The van der Waals surface area contributed by atoms with Gasteiger partial charge >= 0.3 is 0 Å². The quantitative estimate of drug-likeness (QED) is 0.603. The Morgan fingerprint density at radius 3 is 2.70 bits per heavy atom. The van der Waals surface area contributed by atoms with E-state index in [-0.39, 0.29) is 5.92 Å². The summed E-state index contributed by atoms with van der Waals surface area (Å²) in [6.45, 7) is 7.77. The number of carbonyl (C=O) groups is 1. The Balaban J connectivity index is 1.26. The first kappa shape index (κ1) is 19.9. The van der Waals surface area contributed by atoms with Crippen LogP contribution in [0.3, 0.4) is 0 Å². The number of thiophene rings is 1. The van der Waals surface area contributed by atoms with Gasteiger partial charge in [0.05, 0.1) is 10.4 Å². The van der Waals surface area contributed by atoms with Crippen LogP contribution in [0.2, 0.25) is 0 Å². The van der Waals surface area contributed by atoms with Gasteiger partial charge in [-0.25, -0.2) is 15.0 Å². The van der Waals surface area contributed by atoms with Crippen molar-refractivity contribution in [2.45, 2.75) is 45.4 Å². The van der Waals surface area contributed by atoms with E-state index in [2.05, 4.69) is 38.6 Å². The molecule has 30 heavy (non-hydrogen) atoms. The van der Waals surface area contributed by atoms with Crippen molar-refractivity contribution in [2.24, 2.45) is 5.92 Å². The van der Waals surface area contributed by atoms with E-state index in [0.29, 0.717) is 11.8 Å². The summed E-state index contributed by atoms with van der Waals surface area (Å²) in [5.41, 5.74) is 1.28. The molecule has 5 heterocycles. The molecular weight excluding hydrogens is 414 g/mol. The van der Waals surface area contributed by atoms with Crippen LogP contribution in [0, 0.1) is 19.8 Å². The summed E-state index contributed by atoms with van der Waals surface area (Å²) in [6.07, 6.45) is 7.55. The highest BCUT2D eigenvalue weighted by atomic mass is 32.1. The molecule has 2 fully saturated rings. The smallest absolute Gasteiger partial charge is 0.225 e. The van der Waals surface area contributed by atoms with Crippen molar-refractivity contribution in [3.63, 3.8) is 0 Å².